The van der Waals surface area contributed by atoms with Crippen LogP contribution in [0.15, 0.2) is 24.4 Å². The molecule has 0 spiro atoms. The zero-order valence-corrected chi connectivity index (χ0v) is 10.3. The Morgan fingerprint density at radius 1 is 1.53 bits per heavy atom. The first-order chi connectivity index (χ1) is 8.08. The molecule has 0 amide bonds. The predicted octanol–water partition coefficient (Wildman–Crippen LogP) is 2.29. The number of nitrogens with one attached hydrogen (secondary N) is 1. The van der Waals surface area contributed by atoms with Crippen LogP contribution in [0.5, 0.6) is 11.5 Å². The molecule has 0 saturated carbocycles. The third kappa shape index (κ3) is 3.52. The molecule has 4 heteroatoms. The van der Waals surface area contributed by atoms with E-state index in [1.54, 1.807) is 32.3 Å². The maximum Gasteiger partial charge on any atom is 0.310 e. The first-order valence-electron chi connectivity index (χ1n) is 5.46. The molecule has 0 fully saturated rings. The van der Waals surface area contributed by atoms with Gasteiger partial charge < -0.3 is 15.2 Å². The second kappa shape index (κ2) is 5.94. The molecule has 1 aromatic carbocycles. The third-order valence-electron chi connectivity index (χ3n) is 2.26. The largest absolute Gasteiger partial charge is 0.508 e. The molecule has 1 rings (SSSR count). The van der Waals surface area contributed by atoms with Crippen LogP contribution in [-0.4, -0.2) is 18.1 Å². The van der Waals surface area contributed by atoms with Gasteiger partial charge in [-0.05, 0) is 36.9 Å². The Bertz CT molecular complexity index is 438. The summed E-state index contributed by atoms with van der Waals surface area (Å²) in [5.41, 5.74) is 1.57. The lowest BCUT2D eigenvalue weighted by molar-refractivity contribution is -0.134. The number of carbonyl (C=O) groups is 1. The van der Waals surface area contributed by atoms with Gasteiger partial charge >= 0.3 is 5.97 Å². The third-order valence-corrected chi connectivity index (χ3v) is 2.26. The van der Waals surface area contributed by atoms with Crippen LogP contribution in [0, 0.1) is 0 Å². The SMILES string of the molecule is CCC(=O)Oc1ccc(O)cc1/C(C)=C/NC. The fourth-order valence-corrected chi connectivity index (χ4v) is 1.40. The van der Waals surface area contributed by atoms with Crippen LogP contribution in [0.25, 0.3) is 5.57 Å². The van der Waals surface area contributed by atoms with Crippen molar-refractivity contribution in [2.75, 3.05) is 7.05 Å². The number of hydrogen-bond donors (Lipinski definition) is 2. The Morgan fingerprint density at radius 3 is 2.82 bits per heavy atom. The lowest BCUT2D eigenvalue weighted by Crippen LogP contribution is -2.07. The van der Waals surface area contributed by atoms with E-state index in [1.165, 1.54) is 6.07 Å². The Morgan fingerprint density at radius 2 is 2.24 bits per heavy atom. The fraction of sp³-hybridized carbons (Fsp3) is 0.308. The van der Waals surface area contributed by atoms with Crippen molar-refractivity contribution in [1.82, 2.24) is 5.32 Å². The summed E-state index contributed by atoms with van der Waals surface area (Å²) in [6, 6.07) is 4.65. The molecule has 0 unspecified atom stereocenters. The van der Waals surface area contributed by atoms with Crippen molar-refractivity contribution in [3.8, 4) is 11.5 Å². The molecule has 0 aromatic heterocycles. The number of phenols is 1. The van der Waals surface area contributed by atoms with E-state index in [0.717, 1.165) is 5.57 Å². The molecule has 4 nitrogen and oxygen atoms in total. The Balaban J connectivity index is 3.12. The molecular weight excluding hydrogens is 218 g/mol. The normalized spacial score (nSPS) is 11.1. The maximum atomic E-state index is 11.3. The molecule has 1 aromatic rings. The second-order valence-corrected chi connectivity index (χ2v) is 3.62. The zero-order chi connectivity index (χ0) is 12.8. The van der Waals surface area contributed by atoms with Crippen LogP contribution < -0.4 is 10.1 Å². The van der Waals surface area contributed by atoms with Gasteiger partial charge in [-0.25, -0.2) is 0 Å². The first kappa shape index (κ1) is 13.1. The quantitative estimate of drug-likeness (QED) is 0.621. The fourth-order valence-electron chi connectivity index (χ4n) is 1.40. The van der Waals surface area contributed by atoms with Gasteiger partial charge in [-0.2, -0.15) is 0 Å². The molecule has 0 bridgehead atoms. The highest BCUT2D eigenvalue weighted by molar-refractivity contribution is 5.76. The minimum absolute atomic E-state index is 0.139. The van der Waals surface area contributed by atoms with Crippen LogP contribution in [0.4, 0.5) is 0 Å². The number of phenolic OH excluding ortho intramolecular Hbond substituents is 1. The Kier molecular flexibility index (Phi) is 4.57. The number of carbonyl (C=O) groups excluding carboxylic acids is 1. The van der Waals surface area contributed by atoms with Crippen molar-refractivity contribution < 1.29 is 14.6 Å². The van der Waals surface area contributed by atoms with Crippen LogP contribution in [0.3, 0.4) is 0 Å². The van der Waals surface area contributed by atoms with E-state index in [9.17, 15) is 9.90 Å². The molecule has 0 aliphatic rings. The topological polar surface area (TPSA) is 58.6 Å². The van der Waals surface area contributed by atoms with Crippen LogP contribution in [0.2, 0.25) is 0 Å². The summed E-state index contributed by atoms with van der Waals surface area (Å²) < 4.78 is 5.20. The number of ether oxygens (including phenoxy) is 1. The monoisotopic (exact) mass is 235 g/mol. The summed E-state index contributed by atoms with van der Waals surface area (Å²) >= 11 is 0. The summed E-state index contributed by atoms with van der Waals surface area (Å²) in [6.45, 7) is 3.60. The summed E-state index contributed by atoms with van der Waals surface area (Å²) in [4.78, 5) is 11.3. The summed E-state index contributed by atoms with van der Waals surface area (Å²) in [5, 5.41) is 12.4. The highest BCUT2D eigenvalue weighted by Gasteiger charge is 2.10. The van der Waals surface area contributed by atoms with Gasteiger partial charge in [0.25, 0.3) is 0 Å². The molecule has 0 radical (unpaired) electrons. The van der Waals surface area contributed by atoms with Gasteiger partial charge in [0.1, 0.15) is 11.5 Å². The van der Waals surface area contributed by atoms with Gasteiger partial charge in [-0.1, -0.05) is 6.92 Å². The van der Waals surface area contributed by atoms with Crippen molar-refractivity contribution >= 4 is 11.5 Å². The number of esters is 1. The van der Waals surface area contributed by atoms with Crippen LogP contribution in [0.1, 0.15) is 25.8 Å². The highest BCUT2D eigenvalue weighted by Crippen LogP contribution is 2.29. The minimum atomic E-state index is -0.297. The number of benzene rings is 1. The van der Waals surface area contributed by atoms with Crippen LogP contribution in [-0.2, 0) is 4.79 Å². The van der Waals surface area contributed by atoms with Crippen molar-refractivity contribution in [3.63, 3.8) is 0 Å². The van der Waals surface area contributed by atoms with Crippen molar-refractivity contribution in [2.24, 2.45) is 0 Å². The Hall–Kier alpha value is -1.97. The Labute approximate surface area is 101 Å². The minimum Gasteiger partial charge on any atom is -0.508 e. The smallest absolute Gasteiger partial charge is 0.310 e. The van der Waals surface area contributed by atoms with E-state index in [2.05, 4.69) is 5.32 Å². The lowest BCUT2D eigenvalue weighted by Gasteiger charge is -2.10. The second-order valence-electron chi connectivity index (χ2n) is 3.62. The average molecular weight is 235 g/mol. The number of rotatable bonds is 4. The number of hydrogen-bond acceptors (Lipinski definition) is 4. The lowest BCUT2D eigenvalue weighted by atomic mass is 10.1. The first-order valence-corrected chi connectivity index (χ1v) is 5.46. The van der Waals surface area contributed by atoms with E-state index < -0.39 is 0 Å². The molecule has 0 heterocycles. The molecule has 0 saturated heterocycles. The van der Waals surface area contributed by atoms with Gasteiger partial charge in [-0.3, -0.25) is 4.79 Å². The van der Waals surface area contributed by atoms with E-state index in [4.69, 9.17) is 4.74 Å². The average Bonchev–Trinajstić information content (AvgIpc) is 2.31. The standard InChI is InChI=1S/C13H17NO3/c1-4-13(16)17-12-6-5-10(15)7-11(12)9(2)8-14-3/h5-8,14-15H,4H2,1-3H3/b9-8+. The molecular formula is C13H17NO3. The molecule has 0 aliphatic heterocycles. The van der Waals surface area contributed by atoms with E-state index >= 15 is 0 Å². The van der Waals surface area contributed by atoms with Crippen molar-refractivity contribution in [2.45, 2.75) is 20.3 Å². The zero-order valence-electron chi connectivity index (χ0n) is 10.3. The summed E-state index contributed by atoms with van der Waals surface area (Å²) in [7, 11) is 1.78. The van der Waals surface area contributed by atoms with Crippen molar-refractivity contribution in [1.29, 1.82) is 0 Å². The van der Waals surface area contributed by atoms with Crippen LogP contribution >= 0.6 is 0 Å². The highest BCUT2D eigenvalue weighted by atomic mass is 16.5. The molecule has 0 aliphatic carbocycles. The molecule has 92 valence electrons. The molecule has 0 atom stereocenters. The van der Waals surface area contributed by atoms with E-state index in [-0.39, 0.29) is 11.7 Å². The van der Waals surface area contributed by atoms with E-state index in [0.29, 0.717) is 17.7 Å². The van der Waals surface area contributed by atoms with Gasteiger partial charge in [0, 0.05) is 19.0 Å². The number of aromatic hydroxyl groups is 1. The summed E-state index contributed by atoms with van der Waals surface area (Å²) in [6.07, 6.45) is 2.09. The molecule has 2 N–H and O–H groups in total. The van der Waals surface area contributed by atoms with Gasteiger partial charge in [-0.15, -0.1) is 0 Å². The maximum absolute atomic E-state index is 11.3. The van der Waals surface area contributed by atoms with Gasteiger partial charge in [0.05, 0.1) is 0 Å². The van der Waals surface area contributed by atoms with Gasteiger partial charge in [0.2, 0.25) is 0 Å². The van der Waals surface area contributed by atoms with Gasteiger partial charge in [0.15, 0.2) is 0 Å². The molecule has 17 heavy (non-hydrogen) atoms. The van der Waals surface area contributed by atoms with Crippen molar-refractivity contribution in [3.05, 3.63) is 30.0 Å². The summed E-state index contributed by atoms with van der Waals surface area (Å²) in [5.74, 6) is 0.299. The van der Waals surface area contributed by atoms with E-state index in [1.807, 2.05) is 6.92 Å². The number of allylic oxidation sites excluding steroid dienone is 1. The predicted molar refractivity (Wildman–Crippen MR) is 66.7 cm³/mol.